The van der Waals surface area contributed by atoms with Crippen molar-refractivity contribution in [2.24, 2.45) is 10.8 Å². The highest BCUT2D eigenvalue weighted by Gasteiger charge is 2.50. The van der Waals surface area contributed by atoms with Crippen LogP contribution in [-0.4, -0.2) is 41.0 Å². The van der Waals surface area contributed by atoms with Crippen LogP contribution in [0.1, 0.15) is 68.6 Å². The number of pyridine rings is 1. The summed E-state index contributed by atoms with van der Waals surface area (Å²) in [5.41, 5.74) is 3.43. The molecule has 1 saturated heterocycles. The zero-order chi connectivity index (χ0) is 21.7. The van der Waals surface area contributed by atoms with E-state index in [1.54, 1.807) is 0 Å². The van der Waals surface area contributed by atoms with Crippen molar-refractivity contribution in [3.8, 4) is 0 Å². The number of fused-ring (bicyclic) bond motifs is 3. The van der Waals surface area contributed by atoms with Crippen molar-refractivity contribution in [3.63, 3.8) is 0 Å². The Morgan fingerprint density at radius 3 is 2.67 bits per heavy atom. The highest BCUT2D eigenvalue weighted by molar-refractivity contribution is 6.05. The normalized spacial score (nSPS) is 24.8. The van der Waals surface area contributed by atoms with E-state index in [4.69, 9.17) is 4.74 Å². The third-order valence-electron chi connectivity index (χ3n) is 6.84. The third kappa shape index (κ3) is 3.70. The quantitative estimate of drug-likeness (QED) is 0.689. The molecule has 0 radical (unpaired) electrons. The predicted molar refractivity (Wildman–Crippen MR) is 117 cm³/mol. The summed E-state index contributed by atoms with van der Waals surface area (Å²) in [5, 5.41) is 0.774. The lowest BCUT2D eigenvalue weighted by Gasteiger charge is -2.39. The van der Waals surface area contributed by atoms with E-state index in [0.717, 1.165) is 54.4 Å². The average Bonchev–Trinajstić information content (AvgIpc) is 2.94. The van der Waals surface area contributed by atoms with E-state index >= 15 is 0 Å². The maximum atomic E-state index is 13.0. The molecule has 1 aromatic carbocycles. The monoisotopic (exact) mass is 408 g/mol. The van der Waals surface area contributed by atoms with Gasteiger partial charge in [-0.2, -0.15) is 0 Å². The molecule has 30 heavy (non-hydrogen) atoms. The van der Waals surface area contributed by atoms with Crippen LogP contribution in [0.4, 0.5) is 0 Å². The van der Waals surface area contributed by atoms with Crippen molar-refractivity contribution in [2.45, 2.75) is 66.3 Å². The fraction of sp³-hybridized carbons (Fsp3) is 0.560. The molecule has 1 amide bonds. The zero-order valence-corrected chi connectivity index (χ0v) is 18.7. The molecule has 1 aliphatic carbocycles. The summed E-state index contributed by atoms with van der Waals surface area (Å²) in [6, 6.07) is 7.85. The lowest BCUT2D eigenvalue weighted by atomic mass is 9.65. The van der Waals surface area contributed by atoms with Crippen LogP contribution in [0.5, 0.6) is 0 Å². The molecule has 1 aliphatic heterocycles. The van der Waals surface area contributed by atoms with Crippen molar-refractivity contribution in [1.82, 2.24) is 9.88 Å². The number of amides is 1. The maximum Gasteiger partial charge on any atom is 0.339 e. The van der Waals surface area contributed by atoms with Crippen molar-refractivity contribution in [2.75, 3.05) is 13.2 Å². The molecule has 5 heteroatoms. The number of para-hydroxylation sites is 1. The summed E-state index contributed by atoms with van der Waals surface area (Å²) in [5.74, 6) is -0.524. The predicted octanol–water partition coefficient (Wildman–Crippen LogP) is 4.69. The number of ether oxygens (including phenoxy) is 1. The van der Waals surface area contributed by atoms with E-state index in [9.17, 15) is 9.59 Å². The second-order valence-electron chi connectivity index (χ2n) is 10.2. The van der Waals surface area contributed by atoms with Crippen LogP contribution in [0.3, 0.4) is 0 Å². The first-order chi connectivity index (χ1) is 14.1. The lowest BCUT2D eigenvalue weighted by molar-refractivity contribution is -0.135. The zero-order valence-electron chi connectivity index (χ0n) is 18.7. The van der Waals surface area contributed by atoms with Crippen molar-refractivity contribution in [3.05, 3.63) is 41.1 Å². The number of benzene rings is 1. The fourth-order valence-corrected chi connectivity index (χ4v) is 6.00. The van der Waals surface area contributed by atoms with Gasteiger partial charge >= 0.3 is 5.97 Å². The highest BCUT2D eigenvalue weighted by atomic mass is 16.5. The Bertz CT molecular complexity index is 1010. The number of carbonyl (C=O) groups excluding carboxylic acids is 2. The Labute approximate surface area is 178 Å². The van der Waals surface area contributed by atoms with Gasteiger partial charge in [0.05, 0.1) is 11.1 Å². The first kappa shape index (κ1) is 20.8. The fourth-order valence-electron chi connectivity index (χ4n) is 6.00. The van der Waals surface area contributed by atoms with Crippen molar-refractivity contribution in [1.29, 1.82) is 0 Å². The Morgan fingerprint density at radius 1 is 1.20 bits per heavy atom. The molecule has 160 valence electrons. The summed E-state index contributed by atoms with van der Waals surface area (Å²) in [7, 11) is 0. The lowest BCUT2D eigenvalue weighted by Crippen LogP contribution is -2.39. The average molecular weight is 409 g/mol. The second kappa shape index (κ2) is 7.36. The molecule has 0 spiro atoms. The first-order valence-corrected chi connectivity index (χ1v) is 11.0. The smallest absolute Gasteiger partial charge is 0.339 e. The first-order valence-electron chi connectivity index (χ1n) is 11.0. The van der Waals surface area contributed by atoms with Crippen LogP contribution in [0.25, 0.3) is 10.9 Å². The van der Waals surface area contributed by atoms with Crippen LogP contribution in [0, 0.1) is 17.8 Å². The largest absolute Gasteiger partial charge is 0.452 e. The highest BCUT2D eigenvalue weighted by Crippen LogP contribution is 2.52. The van der Waals surface area contributed by atoms with E-state index in [1.807, 2.05) is 43.0 Å². The standard InChI is InChI=1S/C25H32N2O3/c1-6-19-16(2)22(18-9-7-8-10-20(18)26-19)23(29)30-13-21(28)27-15-25(5)12-17(27)11-24(3,4)14-25/h7-10,17H,6,11-15H2,1-5H3/t17-,25-/m0/s1. The molecule has 1 aromatic heterocycles. The summed E-state index contributed by atoms with van der Waals surface area (Å²) >= 11 is 0. The molecule has 2 fully saturated rings. The van der Waals surface area contributed by atoms with Gasteiger partial charge in [-0.1, -0.05) is 45.9 Å². The number of hydrogen-bond donors (Lipinski definition) is 0. The number of aromatic nitrogens is 1. The van der Waals surface area contributed by atoms with E-state index in [0.29, 0.717) is 5.56 Å². The molecule has 1 saturated carbocycles. The minimum atomic E-state index is -0.442. The van der Waals surface area contributed by atoms with Crippen molar-refractivity contribution < 1.29 is 14.3 Å². The van der Waals surface area contributed by atoms with Gasteiger partial charge in [0.1, 0.15) is 0 Å². The number of carbonyl (C=O) groups is 2. The van der Waals surface area contributed by atoms with E-state index in [2.05, 4.69) is 25.8 Å². The van der Waals surface area contributed by atoms with Gasteiger partial charge in [-0.15, -0.1) is 0 Å². The van der Waals surface area contributed by atoms with Crippen molar-refractivity contribution >= 4 is 22.8 Å². The maximum absolute atomic E-state index is 13.0. The van der Waals surface area contributed by atoms with Gasteiger partial charge in [0.2, 0.25) is 0 Å². The summed E-state index contributed by atoms with van der Waals surface area (Å²) in [6.07, 6.45) is 3.92. The van der Waals surface area contributed by atoms with Crippen LogP contribution in [-0.2, 0) is 16.0 Å². The molecule has 4 rings (SSSR count). The molecule has 2 aromatic rings. The minimum absolute atomic E-state index is 0.0819. The topological polar surface area (TPSA) is 59.5 Å². The summed E-state index contributed by atoms with van der Waals surface area (Å²) < 4.78 is 5.57. The molecule has 5 nitrogen and oxygen atoms in total. The second-order valence-corrected chi connectivity index (χ2v) is 10.2. The van der Waals surface area contributed by atoms with Crippen LogP contribution < -0.4 is 0 Å². The van der Waals surface area contributed by atoms with Gasteiger partial charge in [0.25, 0.3) is 5.91 Å². The van der Waals surface area contributed by atoms with Crippen LogP contribution >= 0.6 is 0 Å². The van der Waals surface area contributed by atoms with Gasteiger partial charge in [-0.25, -0.2) is 4.79 Å². The minimum Gasteiger partial charge on any atom is -0.452 e. The Kier molecular flexibility index (Phi) is 5.11. The number of aryl methyl sites for hydroxylation is 1. The number of hydrogen-bond acceptors (Lipinski definition) is 4. The van der Waals surface area contributed by atoms with Gasteiger partial charge < -0.3 is 9.64 Å². The number of nitrogens with zero attached hydrogens (tertiary/aromatic N) is 2. The van der Waals surface area contributed by atoms with E-state index in [-0.39, 0.29) is 29.4 Å². The van der Waals surface area contributed by atoms with E-state index in [1.165, 1.54) is 0 Å². The molecule has 0 unspecified atom stereocenters. The molecule has 0 N–H and O–H groups in total. The van der Waals surface area contributed by atoms with Crippen LogP contribution in [0.2, 0.25) is 0 Å². The molecule has 2 heterocycles. The third-order valence-corrected chi connectivity index (χ3v) is 6.84. The Balaban J connectivity index is 1.52. The van der Waals surface area contributed by atoms with Gasteiger partial charge in [0, 0.05) is 23.7 Å². The van der Waals surface area contributed by atoms with Gasteiger partial charge in [0.15, 0.2) is 6.61 Å². The number of esters is 1. The van der Waals surface area contributed by atoms with Gasteiger partial charge in [-0.05, 0) is 55.1 Å². The SMILES string of the molecule is CCc1nc2ccccc2c(C(=O)OCC(=O)N2C[C@@]3(C)C[C@@H]2CC(C)(C)C3)c1C. The number of likely N-dealkylation sites (tertiary alicyclic amines) is 1. The Morgan fingerprint density at radius 2 is 1.93 bits per heavy atom. The number of rotatable bonds is 4. The van der Waals surface area contributed by atoms with E-state index < -0.39 is 5.97 Å². The Hall–Kier alpha value is -2.43. The molecule has 2 aliphatic rings. The van der Waals surface area contributed by atoms with Gasteiger partial charge in [-0.3, -0.25) is 9.78 Å². The van der Waals surface area contributed by atoms with Crippen LogP contribution in [0.15, 0.2) is 24.3 Å². The molecular weight excluding hydrogens is 376 g/mol. The molecule has 2 bridgehead atoms. The molecular formula is C25H32N2O3. The summed E-state index contributed by atoms with van der Waals surface area (Å²) in [6.45, 7) is 11.3. The molecule has 2 atom stereocenters. The summed E-state index contributed by atoms with van der Waals surface area (Å²) in [4.78, 5) is 32.6.